The van der Waals surface area contributed by atoms with Crippen molar-refractivity contribution >= 4 is 0 Å². The second-order valence-electron chi connectivity index (χ2n) is 5.36. The zero-order valence-electron chi connectivity index (χ0n) is 10.8. The summed E-state index contributed by atoms with van der Waals surface area (Å²) in [6.07, 6.45) is 1.06. The molecular formula is C13H23NO2. The smallest absolute Gasteiger partial charge is 0.118 e. The Labute approximate surface area is 98.0 Å². The molecule has 0 spiro atoms. The molecule has 0 amide bonds. The summed E-state index contributed by atoms with van der Waals surface area (Å²) >= 11 is 0. The van der Waals surface area contributed by atoms with Crippen LogP contribution >= 0.6 is 0 Å². The Morgan fingerprint density at radius 2 is 2.06 bits per heavy atom. The van der Waals surface area contributed by atoms with E-state index >= 15 is 0 Å². The molecule has 0 aliphatic rings. The van der Waals surface area contributed by atoms with Crippen LogP contribution in [0.1, 0.15) is 44.3 Å². The molecule has 0 unspecified atom stereocenters. The maximum atomic E-state index is 5.63. The molecule has 1 heterocycles. The molecule has 0 aliphatic carbocycles. The predicted octanol–water partition coefficient (Wildman–Crippen LogP) is 3.00. The first-order valence-electron chi connectivity index (χ1n) is 5.78. The molecule has 0 fully saturated rings. The zero-order valence-corrected chi connectivity index (χ0v) is 10.8. The quantitative estimate of drug-likeness (QED) is 0.784. The van der Waals surface area contributed by atoms with E-state index in [9.17, 15) is 0 Å². The summed E-state index contributed by atoms with van der Waals surface area (Å²) in [7, 11) is 0. The summed E-state index contributed by atoms with van der Waals surface area (Å²) in [6.45, 7) is 10.4. The van der Waals surface area contributed by atoms with Gasteiger partial charge in [0.05, 0.1) is 13.2 Å². The molecule has 0 saturated carbocycles. The first-order valence-corrected chi connectivity index (χ1v) is 5.78. The van der Waals surface area contributed by atoms with Crippen molar-refractivity contribution in [2.75, 3.05) is 6.61 Å². The van der Waals surface area contributed by atoms with E-state index in [1.165, 1.54) is 0 Å². The van der Waals surface area contributed by atoms with E-state index in [-0.39, 0.29) is 0 Å². The van der Waals surface area contributed by atoms with Gasteiger partial charge in [0.2, 0.25) is 0 Å². The lowest BCUT2D eigenvalue weighted by atomic mass is 9.93. The van der Waals surface area contributed by atoms with Gasteiger partial charge in [0.25, 0.3) is 0 Å². The van der Waals surface area contributed by atoms with Crippen LogP contribution in [0.2, 0.25) is 0 Å². The van der Waals surface area contributed by atoms with Crippen molar-refractivity contribution in [1.82, 2.24) is 0 Å². The SMILES string of the molecule is Cc1oc(CN)cc1COCCC(C)(C)C. The minimum absolute atomic E-state index is 0.327. The minimum atomic E-state index is 0.327. The Morgan fingerprint density at radius 1 is 1.38 bits per heavy atom. The second kappa shape index (κ2) is 5.51. The Bertz CT molecular complexity index is 323. The highest BCUT2D eigenvalue weighted by atomic mass is 16.5. The van der Waals surface area contributed by atoms with Crippen molar-refractivity contribution in [3.8, 4) is 0 Å². The minimum Gasteiger partial charge on any atom is -0.465 e. The van der Waals surface area contributed by atoms with Gasteiger partial charge in [0, 0.05) is 12.2 Å². The van der Waals surface area contributed by atoms with Gasteiger partial charge in [-0.05, 0) is 24.8 Å². The van der Waals surface area contributed by atoms with E-state index in [2.05, 4.69) is 20.8 Å². The summed E-state index contributed by atoms with van der Waals surface area (Å²) in [5.41, 5.74) is 6.94. The van der Waals surface area contributed by atoms with Crippen LogP contribution < -0.4 is 5.73 Å². The molecule has 92 valence electrons. The molecular weight excluding hydrogens is 202 g/mol. The maximum Gasteiger partial charge on any atom is 0.118 e. The van der Waals surface area contributed by atoms with E-state index < -0.39 is 0 Å². The molecule has 1 rings (SSSR count). The van der Waals surface area contributed by atoms with Crippen LogP contribution in [-0.4, -0.2) is 6.61 Å². The topological polar surface area (TPSA) is 48.4 Å². The average molecular weight is 225 g/mol. The first-order chi connectivity index (χ1) is 7.42. The van der Waals surface area contributed by atoms with E-state index in [1.54, 1.807) is 0 Å². The predicted molar refractivity (Wildman–Crippen MR) is 65.1 cm³/mol. The van der Waals surface area contributed by atoms with E-state index in [0.717, 1.165) is 30.1 Å². The summed E-state index contributed by atoms with van der Waals surface area (Å²) in [5.74, 6) is 1.74. The van der Waals surface area contributed by atoms with Gasteiger partial charge in [0.15, 0.2) is 0 Å². The summed E-state index contributed by atoms with van der Waals surface area (Å²) in [5, 5.41) is 0. The van der Waals surface area contributed by atoms with Crippen LogP contribution in [0.5, 0.6) is 0 Å². The highest BCUT2D eigenvalue weighted by Crippen LogP contribution is 2.19. The highest BCUT2D eigenvalue weighted by molar-refractivity contribution is 5.19. The van der Waals surface area contributed by atoms with Crippen LogP contribution in [0.4, 0.5) is 0 Å². The van der Waals surface area contributed by atoms with Crippen LogP contribution in [-0.2, 0) is 17.9 Å². The van der Waals surface area contributed by atoms with Crippen molar-refractivity contribution in [2.45, 2.75) is 47.3 Å². The summed E-state index contributed by atoms with van der Waals surface area (Å²) < 4.78 is 11.1. The van der Waals surface area contributed by atoms with Crippen molar-refractivity contribution < 1.29 is 9.15 Å². The van der Waals surface area contributed by atoms with Gasteiger partial charge in [-0.25, -0.2) is 0 Å². The van der Waals surface area contributed by atoms with E-state index in [0.29, 0.717) is 18.6 Å². The fourth-order valence-electron chi connectivity index (χ4n) is 1.39. The molecule has 1 aromatic rings. The Balaban J connectivity index is 2.34. The molecule has 3 heteroatoms. The molecule has 1 aromatic heterocycles. The number of furan rings is 1. The van der Waals surface area contributed by atoms with Crippen molar-refractivity contribution in [2.24, 2.45) is 11.1 Å². The molecule has 0 aromatic carbocycles. The number of aryl methyl sites for hydroxylation is 1. The van der Waals surface area contributed by atoms with Gasteiger partial charge in [-0.2, -0.15) is 0 Å². The Hall–Kier alpha value is -0.800. The molecule has 16 heavy (non-hydrogen) atoms. The van der Waals surface area contributed by atoms with Crippen LogP contribution in [0.3, 0.4) is 0 Å². The van der Waals surface area contributed by atoms with Gasteiger partial charge in [0.1, 0.15) is 11.5 Å². The second-order valence-corrected chi connectivity index (χ2v) is 5.36. The number of hydrogen-bond donors (Lipinski definition) is 1. The normalized spacial score (nSPS) is 12.1. The Morgan fingerprint density at radius 3 is 2.56 bits per heavy atom. The van der Waals surface area contributed by atoms with Gasteiger partial charge in [-0.15, -0.1) is 0 Å². The number of ether oxygens (including phenoxy) is 1. The van der Waals surface area contributed by atoms with Gasteiger partial charge < -0.3 is 14.9 Å². The van der Waals surface area contributed by atoms with Gasteiger partial charge >= 0.3 is 0 Å². The lowest BCUT2D eigenvalue weighted by Gasteiger charge is -2.17. The first kappa shape index (κ1) is 13.3. The maximum absolute atomic E-state index is 5.63. The molecule has 0 bridgehead atoms. The standard InChI is InChI=1S/C13H23NO2/c1-10-11(7-12(8-14)16-10)9-15-6-5-13(2,3)4/h7H,5-6,8-9,14H2,1-4H3. The average Bonchev–Trinajstić information content (AvgIpc) is 2.53. The Kier molecular flexibility index (Phi) is 4.56. The fourth-order valence-corrected chi connectivity index (χ4v) is 1.39. The lowest BCUT2D eigenvalue weighted by molar-refractivity contribution is 0.0954. The van der Waals surface area contributed by atoms with Gasteiger partial charge in [-0.1, -0.05) is 20.8 Å². The molecule has 0 atom stereocenters. The largest absolute Gasteiger partial charge is 0.465 e. The number of hydrogen-bond acceptors (Lipinski definition) is 3. The summed E-state index contributed by atoms with van der Waals surface area (Å²) in [4.78, 5) is 0. The van der Waals surface area contributed by atoms with Crippen molar-refractivity contribution in [3.05, 3.63) is 23.2 Å². The molecule has 0 saturated heterocycles. The lowest BCUT2D eigenvalue weighted by Crippen LogP contribution is -2.09. The third-order valence-electron chi connectivity index (χ3n) is 2.53. The molecule has 2 N–H and O–H groups in total. The van der Waals surface area contributed by atoms with Crippen molar-refractivity contribution in [3.63, 3.8) is 0 Å². The fraction of sp³-hybridized carbons (Fsp3) is 0.692. The van der Waals surface area contributed by atoms with E-state index in [4.69, 9.17) is 14.9 Å². The molecule has 3 nitrogen and oxygen atoms in total. The van der Waals surface area contributed by atoms with Crippen LogP contribution in [0.15, 0.2) is 10.5 Å². The molecule has 0 aliphatic heterocycles. The van der Waals surface area contributed by atoms with E-state index in [1.807, 2.05) is 13.0 Å². The summed E-state index contributed by atoms with van der Waals surface area (Å²) in [6, 6.07) is 1.98. The van der Waals surface area contributed by atoms with Crippen LogP contribution in [0, 0.1) is 12.3 Å². The number of rotatable bonds is 5. The molecule has 0 radical (unpaired) electrons. The highest BCUT2D eigenvalue weighted by Gasteiger charge is 2.10. The monoisotopic (exact) mass is 225 g/mol. The van der Waals surface area contributed by atoms with Crippen molar-refractivity contribution in [1.29, 1.82) is 0 Å². The van der Waals surface area contributed by atoms with Gasteiger partial charge in [-0.3, -0.25) is 0 Å². The third kappa shape index (κ3) is 4.37. The van der Waals surface area contributed by atoms with Crippen LogP contribution in [0.25, 0.3) is 0 Å². The third-order valence-corrected chi connectivity index (χ3v) is 2.53. The number of nitrogens with two attached hydrogens (primary N) is 1. The zero-order chi connectivity index (χ0) is 12.2.